The Morgan fingerprint density at radius 3 is 2.44 bits per heavy atom. The Kier molecular flexibility index (Phi) is 5.94. The Labute approximate surface area is 245 Å². The number of nitrogens with zero attached hydrogens (tertiary/aromatic N) is 1. The second kappa shape index (κ2) is 9.56. The van der Waals surface area contributed by atoms with E-state index in [1.807, 2.05) is 65.7 Å². The van der Waals surface area contributed by atoms with Crippen molar-refractivity contribution < 1.29 is 19.1 Å². The number of amides is 1. The molecular formula is C34H25BrN2O4. The van der Waals surface area contributed by atoms with Gasteiger partial charge in [-0.15, -0.1) is 0 Å². The smallest absolute Gasteiger partial charge is 0.238 e. The summed E-state index contributed by atoms with van der Waals surface area (Å²) >= 11 is 3.46. The number of fused-ring (bicyclic) bond motifs is 6. The van der Waals surface area contributed by atoms with Crippen LogP contribution in [0.2, 0.25) is 0 Å². The lowest BCUT2D eigenvalue weighted by atomic mass is 9.62. The Morgan fingerprint density at radius 2 is 1.63 bits per heavy atom. The summed E-state index contributed by atoms with van der Waals surface area (Å²) in [4.78, 5) is 45.8. The van der Waals surface area contributed by atoms with Gasteiger partial charge in [-0.2, -0.15) is 0 Å². The molecule has 3 aliphatic rings. The largest absolute Gasteiger partial charge is 0.497 e. The number of nitrogens with one attached hydrogen (secondary N) is 1. The highest BCUT2D eigenvalue weighted by Gasteiger charge is 2.70. The molecule has 4 aromatic carbocycles. The Hall–Kier alpha value is -4.49. The average Bonchev–Trinajstić information content (AvgIpc) is 3.49. The van der Waals surface area contributed by atoms with Gasteiger partial charge in [0, 0.05) is 27.5 Å². The molecule has 41 heavy (non-hydrogen) atoms. The predicted octanol–water partition coefficient (Wildman–Crippen LogP) is 6.44. The monoisotopic (exact) mass is 604 g/mol. The van der Waals surface area contributed by atoms with Crippen molar-refractivity contribution in [3.05, 3.63) is 136 Å². The minimum Gasteiger partial charge on any atom is -0.497 e. The molecule has 0 aliphatic carbocycles. The molecule has 1 fully saturated rings. The summed E-state index contributed by atoms with van der Waals surface area (Å²) in [5.41, 5.74) is 2.73. The van der Waals surface area contributed by atoms with Gasteiger partial charge in [-0.1, -0.05) is 82.7 Å². The molecule has 1 spiro atoms. The molecule has 7 rings (SSSR count). The molecule has 1 N–H and O–H groups in total. The van der Waals surface area contributed by atoms with Crippen LogP contribution in [0.3, 0.4) is 0 Å². The van der Waals surface area contributed by atoms with Gasteiger partial charge in [0.15, 0.2) is 11.6 Å². The van der Waals surface area contributed by atoms with Gasteiger partial charge >= 0.3 is 0 Å². The van der Waals surface area contributed by atoms with Crippen LogP contribution in [0, 0.1) is 5.92 Å². The fourth-order valence-corrected chi connectivity index (χ4v) is 7.17. The van der Waals surface area contributed by atoms with Crippen LogP contribution in [0.1, 0.15) is 43.4 Å². The zero-order chi connectivity index (χ0) is 28.3. The van der Waals surface area contributed by atoms with E-state index in [1.54, 1.807) is 55.6 Å². The summed E-state index contributed by atoms with van der Waals surface area (Å²) in [6.07, 6.45) is 3.83. The topological polar surface area (TPSA) is 75.7 Å². The zero-order valence-electron chi connectivity index (χ0n) is 22.1. The molecule has 3 heterocycles. The first-order chi connectivity index (χ1) is 19.9. The normalized spacial score (nSPS) is 23.5. The van der Waals surface area contributed by atoms with Gasteiger partial charge in [-0.05, 0) is 53.1 Å². The number of halogens is 1. The van der Waals surface area contributed by atoms with Crippen molar-refractivity contribution in [3.63, 3.8) is 0 Å². The fraction of sp³-hybridized carbons (Fsp3) is 0.147. The molecule has 0 unspecified atom stereocenters. The standard InChI is InChI=1S/C34H25BrN2O4/c1-41-24-9-6-8-22(19-24)31(39)29-28(30(38)21-13-15-23(35)16-14-21)34(26-11-4-5-12-27(26)36-33(34)40)32-25-10-3-2-7-20(25)17-18-37(29)32/h2-19,28-29,32H,1H3,(H,36,40)/t28-,29-,32-,34+/m1/s1. The Morgan fingerprint density at radius 1 is 0.878 bits per heavy atom. The van der Waals surface area contributed by atoms with Crippen LogP contribution in [0.5, 0.6) is 5.75 Å². The van der Waals surface area contributed by atoms with Gasteiger partial charge in [-0.25, -0.2) is 0 Å². The highest BCUT2D eigenvalue weighted by molar-refractivity contribution is 9.10. The second-order valence-corrected chi connectivity index (χ2v) is 11.5. The minimum atomic E-state index is -1.36. The van der Waals surface area contributed by atoms with E-state index in [4.69, 9.17) is 4.74 Å². The molecule has 202 valence electrons. The van der Waals surface area contributed by atoms with Crippen LogP contribution in [0.15, 0.2) is 108 Å². The number of ether oxygens (including phenoxy) is 1. The number of para-hydroxylation sites is 1. The maximum Gasteiger partial charge on any atom is 0.238 e. The van der Waals surface area contributed by atoms with E-state index >= 15 is 0 Å². The van der Waals surface area contributed by atoms with Crippen LogP contribution in [0.25, 0.3) is 6.08 Å². The summed E-state index contributed by atoms with van der Waals surface area (Å²) in [5.74, 6) is -1.27. The third kappa shape index (κ3) is 3.65. The Balaban J connectivity index is 1.53. The molecule has 1 saturated heterocycles. The predicted molar refractivity (Wildman–Crippen MR) is 160 cm³/mol. The average molecular weight is 605 g/mol. The first-order valence-corrected chi connectivity index (χ1v) is 14.2. The van der Waals surface area contributed by atoms with Crippen molar-refractivity contribution in [3.8, 4) is 5.75 Å². The molecular weight excluding hydrogens is 580 g/mol. The van der Waals surface area contributed by atoms with Crippen molar-refractivity contribution in [2.24, 2.45) is 5.92 Å². The number of Topliss-reactive ketones (excluding diaryl/α,β-unsaturated/α-hetero) is 2. The van der Waals surface area contributed by atoms with Gasteiger partial charge in [-0.3, -0.25) is 14.4 Å². The SMILES string of the molecule is COc1cccc(C(=O)[C@H]2[C@H](C(=O)c3ccc(Br)cc3)[C@]3(C(=O)Nc4ccccc43)[C@H]3c4ccccc4C=CN23)c1. The Bertz CT molecular complexity index is 1760. The van der Waals surface area contributed by atoms with E-state index in [2.05, 4.69) is 21.2 Å². The molecule has 1 amide bonds. The van der Waals surface area contributed by atoms with Gasteiger partial charge in [0.2, 0.25) is 5.91 Å². The van der Waals surface area contributed by atoms with Crippen LogP contribution >= 0.6 is 15.9 Å². The summed E-state index contributed by atoms with van der Waals surface area (Å²) in [6, 6.07) is 27.9. The molecule has 0 radical (unpaired) electrons. The van der Waals surface area contributed by atoms with Crippen molar-refractivity contribution in [2.45, 2.75) is 17.5 Å². The number of ketones is 2. The molecule has 7 heteroatoms. The summed E-state index contributed by atoms with van der Waals surface area (Å²) < 4.78 is 6.25. The zero-order valence-corrected chi connectivity index (χ0v) is 23.7. The number of methoxy groups -OCH3 is 1. The first-order valence-electron chi connectivity index (χ1n) is 13.4. The fourth-order valence-electron chi connectivity index (χ4n) is 6.91. The van der Waals surface area contributed by atoms with Gasteiger partial charge in [0.1, 0.15) is 17.2 Å². The maximum atomic E-state index is 14.8. The molecule has 6 nitrogen and oxygen atoms in total. The van der Waals surface area contributed by atoms with Gasteiger partial charge in [0.05, 0.1) is 19.1 Å². The van der Waals surface area contributed by atoms with Crippen LogP contribution in [-0.4, -0.2) is 35.5 Å². The molecule has 0 saturated carbocycles. The van der Waals surface area contributed by atoms with E-state index in [0.29, 0.717) is 22.6 Å². The summed E-state index contributed by atoms with van der Waals surface area (Å²) in [6.45, 7) is 0. The third-order valence-electron chi connectivity index (χ3n) is 8.60. The maximum absolute atomic E-state index is 14.8. The van der Waals surface area contributed by atoms with Gasteiger partial charge in [0.25, 0.3) is 0 Å². The third-order valence-corrected chi connectivity index (χ3v) is 9.13. The number of rotatable bonds is 5. The lowest BCUT2D eigenvalue weighted by molar-refractivity contribution is -0.122. The van der Waals surface area contributed by atoms with Crippen LogP contribution in [-0.2, 0) is 10.2 Å². The number of hydrogen-bond acceptors (Lipinski definition) is 5. The number of anilines is 1. The van der Waals surface area contributed by atoms with Crippen molar-refractivity contribution in [1.82, 2.24) is 4.90 Å². The van der Waals surface area contributed by atoms with Crippen LogP contribution in [0.4, 0.5) is 5.69 Å². The van der Waals surface area contributed by atoms with Crippen molar-refractivity contribution in [2.75, 3.05) is 12.4 Å². The van der Waals surface area contributed by atoms with E-state index < -0.39 is 23.4 Å². The summed E-state index contributed by atoms with van der Waals surface area (Å²) in [5, 5.41) is 3.08. The molecule has 0 bridgehead atoms. The van der Waals surface area contributed by atoms with E-state index in [0.717, 1.165) is 21.2 Å². The lowest BCUT2D eigenvalue weighted by Gasteiger charge is -2.38. The molecule has 0 aromatic heterocycles. The number of benzene rings is 4. The van der Waals surface area contributed by atoms with Crippen molar-refractivity contribution in [1.29, 1.82) is 0 Å². The molecule has 3 aliphatic heterocycles. The van der Waals surface area contributed by atoms with E-state index in [1.165, 1.54) is 0 Å². The van der Waals surface area contributed by atoms with E-state index in [9.17, 15) is 14.4 Å². The quantitative estimate of drug-likeness (QED) is 0.265. The summed E-state index contributed by atoms with van der Waals surface area (Å²) in [7, 11) is 1.55. The highest BCUT2D eigenvalue weighted by Crippen LogP contribution is 2.62. The molecule has 4 atom stereocenters. The molecule has 4 aromatic rings. The minimum absolute atomic E-state index is 0.248. The number of hydrogen-bond donors (Lipinski definition) is 1. The van der Waals surface area contributed by atoms with Crippen LogP contribution < -0.4 is 10.1 Å². The highest BCUT2D eigenvalue weighted by atomic mass is 79.9. The van der Waals surface area contributed by atoms with Crippen molar-refractivity contribution >= 4 is 45.2 Å². The first kappa shape index (κ1) is 25.5. The lowest BCUT2D eigenvalue weighted by Crippen LogP contribution is -2.49. The number of carbonyl (C=O) groups excluding carboxylic acids is 3. The van der Waals surface area contributed by atoms with Gasteiger partial charge < -0.3 is 15.0 Å². The number of carbonyl (C=O) groups is 3. The second-order valence-electron chi connectivity index (χ2n) is 10.6. The van der Waals surface area contributed by atoms with E-state index in [-0.39, 0.29) is 17.5 Å².